The van der Waals surface area contributed by atoms with Crippen LogP contribution in [0, 0.1) is 0 Å². The molecule has 4 nitrogen and oxygen atoms in total. The summed E-state index contributed by atoms with van der Waals surface area (Å²) in [5, 5.41) is 3.31. The van der Waals surface area contributed by atoms with Crippen LogP contribution in [0.4, 0.5) is 0 Å². The number of hydrogen-bond acceptors (Lipinski definition) is 3. The molecule has 0 amide bonds. The van der Waals surface area contributed by atoms with Crippen LogP contribution in [0.5, 0.6) is 0 Å². The molecular formula is C14H24N2O2S. The van der Waals surface area contributed by atoms with Gasteiger partial charge in [-0.05, 0) is 30.5 Å². The standard InChI is InChI=1S/C14H24N2O2S/c1-3-8-15-11-13-6-5-7-14(10-13)12-19(17,18)16-9-4-2/h5-7,10,15-16H,3-4,8-9,11-12H2,1-2H3. The molecule has 0 radical (unpaired) electrons. The molecule has 1 aromatic rings. The number of benzene rings is 1. The molecule has 0 aliphatic heterocycles. The Morgan fingerprint density at radius 1 is 1.05 bits per heavy atom. The first-order valence-corrected chi connectivity index (χ1v) is 8.48. The van der Waals surface area contributed by atoms with Crippen LogP contribution in [-0.2, 0) is 22.3 Å². The van der Waals surface area contributed by atoms with Crippen molar-refractivity contribution in [3.63, 3.8) is 0 Å². The predicted octanol–water partition coefficient (Wildman–Crippen LogP) is 2.02. The van der Waals surface area contributed by atoms with E-state index in [2.05, 4.69) is 17.0 Å². The summed E-state index contributed by atoms with van der Waals surface area (Å²) in [6.45, 7) is 6.32. The monoisotopic (exact) mass is 284 g/mol. The zero-order chi connectivity index (χ0) is 14.1. The van der Waals surface area contributed by atoms with E-state index in [1.807, 2.05) is 31.2 Å². The third kappa shape index (κ3) is 6.71. The van der Waals surface area contributed by atoms with E-state index in [1.165, 1.54) is 0 Å². The van der Waals surface area contributed by atoms with E-state index in [-0.39, 0.29) is 5.75 Å². The molecule has 108 valence electrons. The Balaban J connectivity index is 2.61. The van der Waals surface area contributed by atoms with Crippen molar-refractivity contribution in [2.75, 3.05) is 13.1 Å². The van der Waals surface area contributed by atoms with Crippen molar-refractivity contribution < 1.29 is 8.42 Å². The number of sulfonamides is 1. The Hall–Kier alpha value is -0.910. The van der Waals surface area contributed by atoms with Crippen molar-refractivity contribution in [3.8, 4) is 0 Å². The lowest BCUT2D eigenvalue weighted by atomic mass is 10.1. The lowest BCUT2D eigenvalue weighted by Gasteiger charge is -2.08. The summed E-state index contributed by atoms with van der Waals surface area (Å²) < 4.78 is 26.2. The van der Waals surface area contributed by atoms with Crippen molar-refractivity contribution >= 4 is 10.0 Å². The Morgan fingerprint density at radius 2 is 1.74 bits per heavy atom. The topological polar surface area (TPSA) is 58.2 Å². The van der Waals surface area contributed by atoms with Crippen LogP contribution in [0.15, 0.2) is 24.3 Å². The lowest BCUT2D eigenvalue weighted by molar-refractivity contribution is 0.580. The molecule has 0 aliphatic carbocycles. The van der Waals surface area contributed by atoms with Gasteiger partial charge >= 0.3 is 0 Å². The molecule has 2 N–H and O–H groups in total. The highest BCUT2D eigenvalue weighted by Gasteiger charge is 2.10. The summed E-state index contributed by atoms with van der Waals surface area (Å²) in [5.41, 5.74) is 1.95. The predicted molar refractivity (Wildman–Crippen MR) is 79.4 cm³/mol. The Labute approximate surface area is 116 Å². The zero-order valence-electron chi connectivity index (χ0n) is 11.8. The number of rotatable bonds is 9. The van der Waals surface area contributed by atoms with Gasteiger partial charge in [0.25, 0.3) is 0 Å². The second-order valence-corrected chi connectivity index (χ2v) is 6.46. The highest BCUT2D eigenvalue weighted by molar-refractivity contribution is 7.88. The van der Waals surface area contributed by atoms with Crippen LogP contribution in [0.25, 0.3) is 0 Å². The fourth-order valence-corrected chi connectivity index (χ4v) is 3.00. The van der Waals surface area contributed by atoms with Crippen LogP contribution in [0.3, 0.4) is 0 Å². The molecule has 0 atom stereocenters. The van der Waals surface area contributed by atoms with E-state index in [0.717, 1.165) is 37.1 Å². The molecule has 19 heavy (non-hydrogen) atoms. The third-order valence-corrected chi connectivity index (χ3v) is 4.03. The molecular weight excluding hydrogens is 260 g/mol. The van der Waals surface area contributed by atoms with Gasteiger partial charge in [-0.1, -0.05) is 38.1 Å². The maximum absolute atomic E-state index is 11.8. The first-order chi connectivity index (χ1) is 9.07. The normalized spacial score (nSPS) is 11.7. The minimum absolute atomic E-state index is 0.0502. The molecule has 0 unspecified atom stereocenters. The lowest BCUT2D eigenvalue weighted by Crippen LogP contribution is -2.25. The van der Waals surface area contributed by atoms with Gasteiger partial charge in [0.1, 0.15) is 0 Å². The average molecular weight is 284 g/mol. The zero-order valence-corrected chi connectivity index (χ0v) is 12.6. The van der Waals surface area contributed by atoms with Gasteiger partial charge in [0.05, 0.1) is 5.75 Å². The van der Waals surface area contributed by atoms with E-state index in [9.17, 15) is 8.42 Å². The molecule has 1 rings (SSSR count). The van der Waals surface area contributed by atoms with Gasteiger partial charge in [-0.15, -0.1) is 0 Å². The van der Waals surface area contributed by atoms with Crippen molar-refractivity contribution in [2.24, 2.45) is 0 Å². The van der Waals surface area contributed by atoms with Gasteiger partial charge in [0.15, 0.2) is 0 Å². The van der Waals surface area contributed by atoms with Crippen LogP contribution in [0.2, 0.25) is 0 Å². The second kappa shape index (κ2) is 8.30. The molecule has 0 saturated carbocycles. The van der Waals surface area contributed by atoms with Gasteiger partial charge in [-0.25, -0.2) is 13.1 Å². The number of hydrogen-bond donors (Lipinski definition) is 2. The minimum Gasteiger partial charge on any atom is -0.313 e. The highest BCUT2D eigenvalue weighted by Crippen LogP contribution is 2.08. The van der Waals surface area contributed by atoms with Gasteiger partial charge in [0, 0.05) is 13.1 Å². The van der Waals surface area contributed by atoms with Gasteiger partial charge in [0.2, 0.25) is 10.0 Å². The van der Waals surface area contributed by atoms with Gasteiger partial charge in [-0.3, -0.25) is 0 Å². The summed E-state index contributed by atoms with van der Waals surface area (Å²) in [6, 6.07) is 7.73. The van der Waals surface area contributed by atoms with Crippen molar-refractivity contribution in [1.29, 1.82) is 0 Å². The van der Waals surface area contributed by atoms with Gasteiger partial charge < -0.3 is 5.32 Å². The fraction of sp³-hybridized carbons (Fsp3) is 0.571. The molecule has 0 bridgehead atoms. The Morgan fingerprint density at radius 3 is 2.42 bits per heavy atom. The quantitative estimate of drug-likeness (QED) is 0.682. The second-order valence-electron chi connectivity index (χ2n) is 4.65. The van der Waals surface area contributed by atoms with Crippen molar-refractivity contribution in [1.82, 2.24) is 10.0 Å². The van der Waals surface area contributed by atoms with Gasteiger partial charge in [-0.2, -0.15) is 0 Å². The Kier molecular flexibility index (Phi) is 7.05. The summed E-state index contributed by atoms with van der Waals surface area (Å²) in [4.78, 5) is 0. The van der Waals surface area contributed by atoms with Crippen molar-refractivity contribution in [2.45, 2.75) is 39.0 Å². The summed E-state index contributed by atoms with van der Waals surface area (Å²) in [6.07, 6.45) is 1.90. The van der Waals surface area contributed by atoms with E-state index in [1.54, 1.807) is 0 Å². The van der Waals surface area contributed by atoms with Crippen LogP contribution in [0.1, 0.15) is 37.8 Å². The maximum Gasteiger partial charge on any atom is 0.215 e. The molecule has 5 heteroatoms. The molecule has 1 aromatic carbocycles. The smallest absolute Gasteiger partial charge is 0.215 e. The van der Waals surface area contributed by atoms with Crippen LogP contribution < -0.4 is 10.0 Å². The molecule has 0 spiro atoms. The largest absolute Gasteiger partial charge is 0.313 e. The van der Waals surface area contributed by atoms with E-state index < -0.39 is 10.0 Å². The van der Waals surface area contributed by atoms with E-state index in [0.29, 0.717) is 6.54 Å². The summed E-state index contributed by atoms with van der Waals surface area (Å²) in [7, 11) is -3.21. The molecule has 0 heterocycles. The van der Waals surface area contributed by atoms with E-state index in [4.69, 9.17) is 0 Å². The van der Waals surface area contributed by atoms with Crippen LogP contribution in [-0.4, -0.2) is 21.5 Å². The average Bonchev–Trinajstić information content (AvgIpc) is 2.37. The maximum atomic E-state index is 11.8. The minimum atomic E-state index is -3.21. The number of nitrogens with one attached hydrogen (secondary N) is 2. The molecule has 0 fully saturated rings. The highest BCUT2D eigenvalue weighted by atomic mass is 32.2. The molecule has 0 aliphatic rings. The molecule has 0 aromatic heterocycles. The molecule has 0 saturated heterocycles. The fourth-order valence-electron chi connectivity index (χ4n) is 1.77. The Bertz CT molecular complexity index is 472. The first kappa shape index (κ1) is 16.1. The third-order valence-electron chi connectivity index (χ3n) is 2.68. The van der Waals surface area contributed by atoms with E-state index >= 15 is 0 Å². The van der Waals surface area contributed by atoms with Crippen LogP contribution >= 0.6 is 0 Å². The summed E-state index contributed by atoms with van der Waals surface area (Å²) >= 11 is 0. The first-order valence-electron chi connectivity index (χ1n) is 6.83. The SMILES string of the molecule is CCCNCc1cccc(CS(=O)(=O)NCCC)c1. The summed E-state index contributed by atoms with van der Waals surface area (Å²) in [5.74, 6) is 0.0502. The van der Waals surface area contributed by atoms with Crippen molar-refractivity contribution in [3.05, 3.63) is 35.4 Å².